The highest BCUT2D eigenvalue weighted by Crippen LogP contribution is 2.39. The largest absolute Gasteiger partial charge is 0.297 e. The second-order valence-corrected chi connectivity index (χ2v) is 5.61. The van der Waals surface area contributed by atoms with Crippen LogP contribution in [0.15, 0.2) is 30.3 Å². The number of carbonyl (C=O) groups excluding carboxylic acids is 1. The predicted octanol–water partition coefficient (Wildman–Crippen LogP) is 2.25. The lowest BCUT2D eigenvalue weighted by atomic mass is 10.2. The number of rotatable bonds is 3. The zero-order chi connectivity index (χ0) is 15.8. The van der Waals surface area contributed by atoms with Crippen molar-refractivity contribution >= 4 is 22.9 Å². The molecule has 114 valence electrons. The Morgan fingerprint density at radius 3 is 2.65 bits per heavy atom. The molecular weight excluding hydrogens is 292 g/mol. The van der Waals surface area contributed by atoms with E-state index in [1.54, 1.807) is 12.1 Å². The smallest absolute Gasteiger partial charge is 0.288 e. The molecule has 0 bridgehead atoms. The van der Waals surface area contributed by atoms with Gasteiger partial charge in [-0.15, -0.1) is 10.2 Å². The Morgan fingerprint density at radius 1 is 1.09 bits per heavy atom. The van der Waals surface area contributed by atoms with Gasteiger partial charge in [-0.2, -0.15) is 0 Å². The van der Waals surface area contributed by atoms with Crippen molar-refractivity contribution in [2.24, 2.45) is 0 Å². The van der Waals surface area contributed by atoms with Crippen LogP contribution in [0.2, 0.25) is 0 Å². The number of hydrogen-bond donors (Lipinski definition) is 1. The van der Waals surface area contributed by atoms with Crippen LogP contribution < -0.4 is 5.32 Å². The maximum absolute atomic E-state index is 12.3. The number of amides is 1. The van der Waals surface area contributed by atoms with Gasteiger partial charge in [0.05, 0.1) is 5.52 Å². The number of hydrogen-bond acceptors (Lipinski definition) is 6. The summed E-state index contributed by atoms with van der Waals surface area (Å²) in [6.07, 6.45) is 2.28. The summed E-state index contributed by atoms with van der Waals surface area (Å²) in [6, 6.07) is 9.22. The molecule has 2 heterocycles. The van der Waals surface area contributed by atoms with Crippen LogP contribution in [-0.2, 0) is 0 Å². The molecule has 0 spiro atoms. The normalized spacial score (nSPS) is 14.0. The van der Waals surface area contributed by atoms with Gasteiger partial charge in [0.25, 0.3) is 5.91 Å². The minimum atomic E-state index is -0.462. The summed E-state index contributed by atoms with van der Waals surface area (Å²) >= 11 is 0. The Labute approximate surface area is 132 Å². The highest BCUT2D eigenvalue weighted by atomic mass is 16.2. The van der Waals surface area contributed by atoms with Crippen molar-refractivity contribution < 1.29 is 4.79 Å². The van der Waals surface area contributed by atoms with E-state index in [1.165, 1.54) is 0 Å². The molecule has 4 rings (SSSR count). The molecule has 0 aliphatic heterocycles. The van der Waals surface area contributed by atoms with Crippen LogP contribution in [0.25, 0.3) is 11.0 Å². The first-order chi connectivity index (χ1) is 11.2. The van der Waals surface area contributed by atoms with Gasteiger partial charge in [-0.05, 0) is 38.0 Å². The van der Waals surface area contributed by atoms with Crippen molar-refractivity contribution in [2.75, 3.05) is 5.32 Å². The third-order valence-electron chi connectivity index (χ3n) is 3.66. The van der Waals surface area contributed by atoms with Gasteiger partial charge in [0, 0.05) is 17.3 Å². The highest BCUT2D eigenvalue weighted by Gasteiger charge is 2.26. The van der Waals surface area contributed by atoms with Crippen molar-refractivity contribution in [1.29, 1.82) is 0 Å². The fraction of sp³-hybridized carbons (Fsp3) is 0.250. The molecule has 7 nitrogen and oxygen atoms in total. The number of nitrogens with zero attached hydrogens (tertiary/aromatic N) is 5. The van der Waals surface area contributed by atoms with E-state index < -0.39 is 5.91 Å². The molecule has 23 heavy (non-hydrogen) atoms. The number of aromatic nitrogens is 5. The molecule has 3 aromatic rings. The van der Waals surface area contributed by atoms with Gasteiger partial charge in [0.1, 0.15) is 5.52 Å². The predicted molar refractivity (Wildman–Crippen MR) is 84.0 cm³/mol. The molecule has 2 aromatic heterocycles. The van der Waals surface area contributed by atoms with E-state index in [0.29, 0.717) is 17.0 Å². The Hall–Kier alpha value is -2.96. The van der Waals surface area contributed by atoms with E-state index in [-0.39, 0.29) is 11.8 Å². The fourth-order valence-electron chi connectivity index (χ4n) is 2.37. The zero-order valence-corrected chi connectivity index (χ0v) is 12.5. The summed E-state index contributed by atoms with van der Waals surface area (Å²) < 4.78 is 0. The van der Waals surface area contributed by atoms with Crippen LogP contribution in [0.1, 0.15) is 40.8 Å². The SMILES string of the molecule is Cc1cc(C2CC2)nc(NC(=O)c2nnc3ccccc3n2)n1. The number of anilines is 1. The van der Waals surface area contributed by atoms with E-state index in [2.05, 4.69) is 30.5 Å². The molecule has 1 saturated carbocycles. The minimum absolute atomic E-state index is 0.00165. The van der Waals surface area contributed by atoms with Crippen molar-refractivity contribution in [3.8, 4) is 0 Å². The number of para-hydroxylation sites is 1. The Kier molecular flexibility index (Phi) is 3.18. The summed E-state index contributed by atoms with van der Waals surface area (Å²) in [5, 5.41) is 10.5. The van der Waals surface area contributed by atoms with E-state index in [1.807, 2.05) is 25.1 Å². The van der Waals surface area contributed by atoms with Gasteiger partial charge in [-0.1, -0.05) is 12.1 Å². The van der Waals surface area contributed by atoms with Crippen LogP contribution in [-0.4, -0.2) is 31.1 Å². The molecule has 1 aromatic carbocycles. The lowest BCUT2D eigenvalue weighted by molar-refractivity contribution is 0.101. The monoisotopic (exact) mass is 306 g/mol. The number of carbonyl (C=O) groups is 1. The van der Waals surface area contributed by atoms with E-state index in [9.17, 15) is 4.79 Å². The second-order valence-electron chi connectivity index (χ2n) is 5.61. The highest BCUT2D eigenvalue weighted by molar-refractivity contribution is 6.01. The van der Waals surface area contributed by atoms with Crippen molar-refractivity contribution in [3.63, 3.8) is 0 Å². The van der Waals surface area contributed by atoms with Gasteiger partial charge in [0.2, 0.25) is 11.8 Å². The molecule has 1 aliphatic carbocycles. The third-order valence-corrected chi connectivity index (χ3v) is 3.66. The van der Waals surface area contributed by atoms with Gasteiger partial charge < -0.3 is 0 Å². The number of benzene rings is 1. The second kappa shape index (κ2) is 5.35. The molecule has 1 N–H and O–H groups in total. The van der Waals surface area contributed by atoms with Crippen molar-refractivity contribution in [1.82, 2.24) is 25.1 Å². The topological polar surface area (TPSA) is 93.6 Å². The number of fused-ring (bicyclic) bond motifs is 1. The average Bonchev–Trinajstić information content (AvgIpc) is 3.38. The number of aryl methyl sites for hydroxylation is 1. The number of nitrogens with one attached hydrogen (secondary N) is 1. The minimum Gasteiger partial charge on any atom is -0.288 e. The standard InChI is InChI=1S/C16H14N6O/c1-9-8-13(10-6-7-10)19-16(17-9)20-15(23)14-18-11-4-2-3-5-12(11)21-22-14/h2-5,8,10H,6-7H2,1H3,(H,17,19,20,23). The molecule has 0 unspecified atom stereocenters. The summed E-state index contributed by atoms with van der Waals surface area (Å²) in [4.78, 5) is 25.2. The van der Waals surface area contributed by atoms with Crippen LogP contribution >= 0.6 is 0 Å². The Balaban J connectivity index is 1.61. The average molecular weight is 306 g/mol. The molecule has 1 fully saturated rings. The maximum atomic E-state index is 12.3. The van der Waals surface area contributed by atoms with Gasteiger partial charge in [0.15, 0.2) is 0 Å². The van der Waals surface area contributed by atoms with Crippen LogP contribution in [0.3, 0.4) is 0 Å². The lowest BCUT2D eigenvalue weighted by Gasteiger charge is -2.06. The first-order valence-corrected chi connectivity index (χ1v) is 7.45. The quantitative estimate of drug-likeness (QED) is 0.797. The van der Waals surface area contributed by atoms with Gasteiger partial charge in [-0.3, -0.25) is 10.1 Å². The fourth-order valence-corrected chi connectivity index (χ4v) is 2.37. The maximum Gasteiger partial charge on any atom is 0.297 e. The van der Waals surface area contributed by atoms with Crippen molar-refractivity contribution in [3.05, 3.63) is 47.5 Å². The molecule has 1 aliphatic rings. The zero-order valence-electron chi connectivity index (χ0n) is 12.5. The van der Waals surface area contributed by atoms with Crippen molar-refractivity contribution in [2.45, 2.75) is 25.7 Å². The lowest BCUT2D eigenvalue weighted by Crippen LogP contribution is -2.18. The van der Waals surface area contributed by atoms with Crippen LogP contribution in [0.5, 0.6) is 0 Å². The summed E-state index contributed by atoms with van der Waals surface area (Å²) in [5.41, 5.74) is 3.07. The molecule has 0 saturated heterocycles. The molecule has 7 heteroatoms. The first-order valence-electron chi connectivity index (χ1n) is 7.45. The van der Waals surface area contributed by atoms with E-state index in [4.69, 9.17) is 0 Å². The summed E-state index contributed by atoms with van der Waals surface area (Å²) in [5.74, 6) is 0.317. The molecular formula is C16H14N6O. The summed E-state index contributed by atoms with van der Waals surface area (Å²) in [6.45, 7) is 1.89. The third kappa shape index (κ3) is 2.85. The van der Waals surface area contributed by atoms with Gasteiger partial charge in [-0.25, -0.2) is 15.0 Å². The Bertz CT molecular complexity index is 906. The molecule has 0 atom stereocenters. The molecule has 0 radical (unpaired) electrons. The van der Waals surface area contributed by atoms with Crippen LogP contribution in [0, 0.1) is 6.92 Å². The Morgan fingerprint density at radius 2 is 1.87 bits per heavy atom. The first kappa shape index (κ1) is 13.7. The van der Waals surface area contributed by atoms with E-state index >= 15 is 0 Å². The summed E-state index contributed by atoms with van der Waals surface area (Å²) in [7, 11) is 0. The van der Waals surface area contributed by atoms with E-state index in [0.717, 1.165) is 24.2 Å². The molecule has 1 amide bonds. The van der Waals surface area contributed by atoms with Crippen LogP contribution in [0.4, 0.5) is 5.95 Å². The van der Waals surface area contributed by atoms with Gasteiger partial charge >= 0.3 is 0 Å².